The SMILES string of the molecule is COc1ccc(Nc2ccc(C(=O)O)cc2N)c(C)c1. The normalized spacial score (nSPS) is 10.1. The van der Waals surface area contributed by atoms with E-state index in [0.717, 1.165) is 17.0 Å². The highest BCUT2D eigenvalue weighted by molar-refractivity contribution is 5.91. The van der Waals surface area contributed by atoms with Crippen molar-refractivity contribution in [2.75, 3.05) is 18.2 Å². The molecule has 0 fully saturated rings. The van der Waals surface area contributed by atoms with E-state index < -0.39 is 5.97 Å². The molecule has 104 valence electrons. The van der Waals surface area contributed by atoms with Gasteiger partial charge in [-0.05, 0) is 48.9 Å². The number of nitrogens with one attached hydrogen (secondary N) is 1. The van der Waals surface area contributed by atoms with Crippen molar-refractivity contribution < 1.29 is 14.6 Å². The molecule has 0 atom stereocenters. The number of rotatable bonds is 4. The number of nitrogens with two attached hydrogens (primary N) is 1. The van der Waals surface area contributed by atoms with Crippen molar-refractivity contribution in [1.82, 2.24) is 0 Å². The van der Waals surface area contributed by atoms with Crippen molar-refractivity contribution in [3.63, 3.8) is 0 Å². The van der Waals surface area contributed by atoms with Crippen molar-refractivity contribution in [2.45, 2.75) is 6.92 Å². The zero-order valence-corrected chi connectivity index (χ0v) is 11.3. The third-order valence-corrected chi connectivity index (χ3v) is 3.00. The van der Waals surface area contributed by atoms with Crippen molar-refractivity contribution in [2.24, 2.45) is 0 Å². The van der Waals surface area contributed by atoms with E-state index in [9.17, 15) is 4.79 Å². The number of aryl methyl sites for hydroxylation is 1. The van der Waals surface area contributed by atoms with Crippen LogP contribution in [0.2, 0.25) is 0 Å². The maximum Gasteiger partial charge on any atom is 0.335 e. The Morgan fingerprint density at radius 2 is 1.90 bits per heavy atom. The van der Waals surface area contributed by atoms with Crippen molar-refractivity contribution in [3.05, 3.63) is 47.5 Å². The number of hydrogen-bond acceptors (Lipinski definition) is 4. The summed E-state index contributed by atoms with van der Waals surface area (Å²) in [4.78, 5) is 10.9. The maximum absolute atomic E-state index is 10.9. The molecule has 4 N–H and O–H groups in total. The molecular weight excluding hydrogens is 256 g/mol. The quantitative estimate of drug-likeness (QED) is 0.745. The van der Waals surface area contributed by atoms with Gasteiger partial charge in [0.1, 0.15) is 5.75 Å². The molecule has 2 aromatic rings. The predicted molar refractivity (Wildman–Crippen MR) is 78.8 cm³/mol. The minimum absolute atomic E-state index is 0.166. The van der Waals surface area contributed by atoms with Crippen LogP contribution in [0.1, 0.15) is 15.9 Å². The number of ether oxygens (including phenoxy) is 1. The lowest BCUT2D eigenvalue weighted by atomic mass is 10.1. The lowest BCUT2D eigenvalue weighted by Gasteiger charge is -2.13. The van der Waals surface area contributed by atoms with Crippen LogP contribution in [0.3, 0.4) is 0 Å². The monoisotopic (exact) mass is 272 g/mol. The van der Waals surface area contributed by atoms with Gasteiger partial charge in [-0.1, -0.05) is 0 Å². The number of carboxylic acid groups (broad SMARTS) is 1. The molecule has 0 unspecified atom stereocenters. The Morgan fingerprint density at radius 3 is 2.45 bits per heavy atom. The standard InChI is InChI=1S/C15H16N2O3/c1-9-7-11(20-2)4-6-13(9)17-14-5-3-10(15(18)19)8-12(14)16/h3-8,17H,16H2,1-2H3,(H,18,19). The van der Waals surface area contributed by atoms with Crippen molar-refractivity contribution in [3.8, 4) is 5.75 Å². The van der Waals surface area contributed by atoms with Crippen LogP contribution >= 0.6 is 0 Å². The average Bonchev–Trinajstić information content (AvgIpc) is 2.42. The molecule has 0 aliphatic rings. The van der Waals surface area contributed by atoms with Gasteiger partial charge in [-0.3, -0.25) is 0 Å². The molecule has 0 amide bonds. The van der Waals surface area contributed by atoms with Crippen LogP contribution in [0.5, 0.6) is 5.75 Å². The lowest BCUT2D eigenvalue weighted by molar-refractivity contribution is 0.0697. The van der Waals surface area contributed by atoms with Crippen molar-refractivity contribution >= 4 is 23.0 Å². The Hall–Kier alpha value is -2.69. The summed E-state index contributed by atoms with van der Waals surface area (Å²) in [6, 6.07) is 10.2. The van der Waals surface area contributed by atoms with E-state index >= 15 is 0 Å². The zero-order chi connectivity index (χ0) is 14.7. The molecule has 20 heavy (non-hydrogen) atoms. The van der Waals surface area contributed by atoms with E-state index in [2.05, 4.69) is 5.32 Å². The van der Waals surface area contributed by atoms with Gasteiger partial charge in [0.25, 0.3) is 0 Å². The van der Waals surface area contributed by atoms with Crippen LogP contribution in [0, 0.1) is 6.92 Å². The first-order valence-electron chi connectivity index (χ1n) is 6.05. The van der Waals surface area contributed by atoms with Crippen LogP contribution in [-0.2, 0) is 0 Å². The number of nitrogen functional groups attached to an aromatic ring is 1. The third kappa shape index (κ3) is 2.83. The molecule has 0 radical (unpaired) electrons. The topological polar surface area (TPSA) is 84.6 Å². The minimum atomic E-state index is -0.996. The number of methoxy groups -OCH3 is 1. The highest BCUT2D eigenvalue weighted by Gasteiger charge is 2.07. The molecular formula is C15H16N2O3. The Labute approximate surface area is 117 Å². The second kappa shape index (κ2) is 5.52. The van der Waals surface area contributed by atoms with E-state index in [4.69, 9.17) is 15.6 Å². The van der Waals surface area contributed by atoms with Crippen LogP contribution < -0.4 is 15.8 Å². The lowest BCUT2D eigenvalue weighted by Crippen LogP contribution is -2.02. The van der Waals surface area contributed by atoms with Gasteiger partial charge in [0.15, 0.2) is 0 Å². The van der Waals surface area contributed by atoms with Gasteiger partial charge >= 0.3 is 5.97 Å². The van der Waals surface area contributed by atoms with E-state index in [1.165, 1.54) is 12.1 Å². The summed E-state index contributed by atoms with van der Waals surface area (Å²) in [5.74, 6) is -0.217. The third-order valence-electron chi connectivity index (χ3n) is 3.00. The van der Waals surface area contributed by atoms with E-state index in [1.54, 1.807) is 13.2 Å². The molecule has 0 spiro atoms. The Bertz CT molecular complexity index is 654. The number of anilines is 3. The predicted octanol–water partition coefficient (Wildman–Crippen LogP) is 3.03. The van der Waals surface area contributed by atoms with E-state index in [0.29, 0.717) is 11.4 Å². The largest absolute Gasteiger partial charge is 0.497 e. The van der Waals surface area contributed by atoms with Gasteiger partial charge in [0.2, 0.25) is 0 Å². The fourth-order valence-corrected chi connectivity index (χ4v) is 1.86. The molecule has 5 nitrogen and oxygen atoms in total. The van der Waals surface area contributed by atoms with E-state index in [-0.39, 0.29) is 5.56 Å². The Balaban J connectivity index is 2.28. The molecule has 2 rings (SSSR count). The molecule has 0 saturated carbocycles. The number of aromatic carboxylic acids is 1. The Kier molecular flexibility index (Phi) is 3.79. The number of carbonyl (C=O) groups is 1. The second-order valence-corrected chi connectivity index (χ2v) is 4.41. The zero-order valence-electron chi connectivity index (χ0n) is 11.3. The van der Waals surface area contributed by atoms with Gasteiger partial charge in [-0.25, -0.2) is 4.79 Å². The highest BCUT2D eigenvalue weighted by Crippen LogP contribution is 2.28. The minimum Gasteiger partial charge on any atom is -0.497 e. The van der Waals surface area contributed by atoms with Crippen LogP contribution in [0.25, 0.3) is 0 Å². The first-order valence-corrected chi connectivity index (χ1v) is 6.05. The molecule has 0 aliphatic heterocycles. The maximum atomic E-state index is 10.9. The van der Waals surface area contributed by atoms with Gasteiger partial charge in [0.05, 0.1) is 24.0 Å². The summed E-state index contributed by atoms with van der Waals surface area (Å²) in [7, 11) is 1.62. The van der Waals surface area contributed by atoms with Crippen LogP contribution in [0.15, 0.2) is 36.4 Å². The van der Waals surface area contributed by atoms with E-state index in [1.807, 2.05) is 25.1 Å². The Morgan fingerprint density at radius 1 is 1.20 bits per heavy atom. The van der Waals surface area contributed by atoms with Gasteiger partial charge < -0.3 is 20.9 Å². The van der Waals surface area contributed by atoms with Crippen LogP contribution in [0.4, 0.5) is 17.1 Å². The fraction of sp³-hybridized carbons (Fsp3) is 0.133. The highest BCUT2D eigenvalue weighted by atomic mass is 16.5. The molecule has 2 aromatic carbocycles. The fourth-order valence-electron chi connectivity index (χ4n) is 1.86. The summed E-state index contributed by atoms with van der Waals surface area (Å²) in [6.45, 7) is 1.95. The molecule has 0 bridgehead atoms. The van der Waals surface area contributed by atoms with Gasteiger partial charge in [-0.15, -0.1) is 0 Å². The first kappa shape index (κ1) is 13.7. The summed E-state index contributed by atoms with van der Waals surface area (Å²) in [5.41, 5.74) is 8.98. The summed E-state index contributed by atoms with van der Waals surface area (Å²) >= 11 is 0. The molecule has 0 saturated heterocycles. The number of benzene rings is 2. The van der Waals surface area contributed by atoms with Gasteiger partial charge in [0, 0.05) is 5.69 Å². The average molecular weight is 272 g/mol. The van der Waals surface area contributed by atoms with Crippen molar-refractivity contribution in [1.29, 1.82) is 0 Å². The molecule has 0 heterocycles. The summed E-state index contributed by atoms with van der Waals surface area (Å²) < 4.78 is 5.15. The number of hydrogen-bond donors (Lipinski definition) is 3. The number of carboxylic acids is 1. The second-order valence-electron chi connectivity index (χ2n) is 4.41. The molecule has 0 aliphatic carbocycles. The molecule has 0 aromatic heterocycles. The molecule has 5 heteroatoms. The summed E-state index contributed by atoms with van der Waals surface area (Å²) in [6.07, 6.45) is 0. The first-order chi connectivity index (χ1) is 9.51. The van der Waals surface area contributed by atoms with Crippen LogP contribution in [-0.4, -0.2) is 18.2 Å². The smallest absolute Gasteiger partial charge is 0.335 e. The summed E-state index contributed by atoms with van der Waals surface area (Å²) in [5, 5.41) is 12.1. The van der Waals surface area contributed by atoms with Gasteiger partial charge in [-0.2, -0.15) is 0 Å².